The van der Waals surface area contributed by atoms with Crippen LogP contribution in [0.5, 0.6) is 0 Å². The van der Waals surface area contributed by atoms with Crippen LogP contribution in [0.15, 0.2) is 35.1 Å². The van der Waals surface area contributed by atoms with E-state index in [4.69, 9.17) is 13.6 Å². The maximum atomic E-state index is 11.4. The molecule has 22 heavy (non-hydrogen) atoms. The second kappa shape index (κ2) is 6.98. The Hall–Kier alpha value is -1.79. The molecule has 0 amide bonds. The molecule has 0 aliphatic heterocycles. The normalized spacial score (nSPS) is 11.5. The summed E-state index contributed by atoms with van der Waals surface area (Å²) in [5.41, 5.74) is 1.72. The maximum absolute atomic E-state index is 11.4. The molecular formula is C14H18N3O4P. The van der Waals surface area contributed by atoms with Crippen molar-refractivity contribution in [3.8, 4) is 5.69 Å². The minimum Gasteiger partial charge on any atom is -0.306 e. The molecule has 1 aromatic heterocycles. The van der Waals surface area contributed by atoms with Crippen molar-refractivity contribution < 1.29 is 18.4 Å². The lowest BCUT2D eigenvalue weighted by molar-refractivity contribution is 0.112. The summed E-state index contributed by atoms with van der Waals surface area (Å²) < 4.78 is 21.8. The van der Waals surface area contributed by atoms with E-state index in [9.17, 15) is 4.79 Å². The number of aldehydes is 1. The summed E-state index contributed by atoms with van der Waals surface area (Å²) >= 11 is 0. The number of benzene rings is 1. The van der Waals surface area contributed by atoms with Gasteiger partial charge in [-0.2, -0.15) is 9.84 Å². The van der Waals surface area contributed by atoms with Crippen LogP contribution in [0.2, 0.25) is 0 Å². The molecular weight excluding hydrogens is 305 g/mol. The highest BCUT2D eigenvalue weighted by Crippen LogP contribution is 2.53. The molecule has 0 saturated carbocycles. The summed E-state index contributed by atoms with van der Waals surface area (Å²) in [6, 6.07) is 9.39. The van der Waals surface area contributed by atoms with Gasteiger partial charge in [0.05, 0.1) is 16.9 Å². The zero-order valence-corrected chi connectivity index (χ0v) is 13.8. The first kappa shape index (κ1) is 16.6. The lowest BCUT2D eigenvalue weighted by Crippen LogP contribution is -1.97. The van der Waals surface area contributed by atoms with Crippen molar-refractivity contribution in [3.63, 3.8) is 0 Å². The molecule has 0 bridgehead atoms. The van der Waals surface area contributed by atoms with Crippen LogP contribution < -0.4 is 0 Å². The van der Waals surface area contributed by atoms with E-state index >= 15 is 0 Å². The molecule has 0 aliphatic carbocycles. The van der Waals surface area contributed by atoms with Crippen molar-refractivity contribution in [1.29, 1.82) is 0 Å². The SMILES string of the molecule is COP(=Nc1c(C=O)c(C)nn1-c1ccccc1)(OC)OC. The van der Waals surface area contributed by atoms with E-state index in [-0.39, 0.29) is 0 Å². The molecule has 0 spiro atoms. The number of carbonyl (C=O) groups excluding carboxylic acids is 1. The molecule has 0 fully saturated rings. The Morgan fingerprint density at radius 2 is 1.73 bits per heavy atom. The number of aromatic nitrogens is 2. The summed E-state index contributed by atoms with van der Waals surface area (Å²) in [4.78, 5) is 11.4. The van der Waals surface area contributed by atoms with Crippen LogP contribution in [0, 0.1) is 6.92 Å². The molecule has 8 heteroatoms. The van der Waals surface area contributed by atoms with Crippen LogP contribution in [0.4, 0.5) is 5.82 Å². The molecule has 118 valence electrons. The van der Waals surface area contributed by atoms with E-state index in [0.717, 1.165) is 12.0 Å². The van der Waals surface area contributed by atoms with Gasteiger partial charge in [0.1, 0.15) is 0 Å². The van der Waals surface area contributed by atoms with Gasteiger partial charge in [-0.15, -0.1) is 0 Å². The Morgan fingerprint density at radius 1 is 1.14 bits per heavy atom. The highest BCUT2D eigenvalue weighted by molar-refractivity contribution is 7.51. The van der Waals surface area contributed by atoms with Crippen LogP contribution in [0.25, 0.3) is 5.69 Å². The molecule has 2 rings (SSSR count). The molecule has 1 aromatic carbocycles. The van der Waals surface area contributed by atoms with Crippen molar-refractivity contribution >= 4 is 19.8 Å². The topological polar surface area (TPSA) is 74.9 Å². The monoisotopic (exact) mass is 323 g/mol. The van der Waals surface area contributed by atoms with Gasteiger partial charge in [0, 0.05) is 21.3 Å². The highest BCUT2D eigenvalue weighted by atomic mass is 31.2. The fraction of sp³-hybridized carbons (Fsp3) is 0.286. The number of aryl methyl sites for hydroxylation is 1. The second-order valence-corrected chi connectivity index (χ2v) is 6.54. The van der Waals surface area contributed by atoms with Crippen molar-refractivity contribution in [2.75, 3.05) is 21.3 Å². The van der Waals surface area contributed by atoms with E-state index in [1.807, 2.05) is 30.3 Å². The van der Waals surface area contributed by atoms with Crippen molar-refractivity contribution in [3.05, 3.63) is 41.6 Å². The van der Waals surface area contributed by atoms with Gasteiger partial charge in [-0.1, -0.05) is 18.2 Å². The molecule has 1 heterocycles. The van der Waals surface area contributed by atoms with Gasteiger partial charge in [0.2, 0.25) is 0 Å². The maximum Gasteiger partial charge on any atom is 0.361 e. The highest BCUT2D eigenvalue weighted by Gasteiger charge is 2.24. The predicted molar refractivity (Wildman–Crippen MR) is 83.7 cm³/mol. The quantitative estimate of drug-likeness (QED) is 0.600. The Balaban J connectivity index is 2.74. The van der Waals surface area contributed by atoms with Gasteiger partial charge in [-0.3, -0.25) is 4.79 Å². The molecule has 0 atom stereocenters. The van der Waals surface area contributed by atoms with Gasteiger partial charge in [-0.05, 0) is 19.1 Å². The van der Waals surface area contributed by atoms with E-state index in [1.54, 1.807) is 11.6 Å². The Morgan fingerprint density at radius 3 is 2.23 bits per heavy atom. The number of para-hydroxylation sites is 1. The summed E-state index contributed by atoms with van der Waals surface area (Å²) in [5.74, 6) is 0.345. The smallest absolute Gasteiger partial charge is 0.306 e. The van der Waals surface area contributed by atoms with Gasteiger partial charge in [0.15, 0.2) is 12.1 Å². The molecule has 0 aliphatic rings. The van der Waals surface area contributed by atoms with Crippen LogP contribution in [-0.2, 0) is 13.6 Å². The Bertz CT molecular complexity index is 693. The van der Waals surface area contributed by atoms with E-state index in [2.05, 4.69) is 9.84 Å². The largest absolute Gasteiger partial charge is 0.361 e. The van der Waals surface area contributed by atoms with Crippen LogP contribution in [0.1, 0.15) is 16.1 Å². The Labute approximate surface area is 129 Å². The Kier molecular flexibility index (Phi) is 5.26. The minimum absolute atomic E-state index is 0.345. The third kappa shape index (κ3) is 3.03. The van der Waals surface area contributed by atoms with Crippen LogP contribution in [-0.4, -0.2) is 37.4 Å². The van der Waals surface area contributed by atoms with Crippen molar-refractivity contribution in [2.45, 2.75) is 6.92 Å². The fourth-order valence-electron chi connectivity index (χ4n) is 1.97. The average molecular weight is 323 g/mol. The number of rotatable bonds is 6. The molecule has 0 N–H and O–H groups in total. The van der Waals surface area contributed by atoms with Gasteiger partial charge in [-0.25, -0.2) is 4.68 Å². The van der Waals surface area contributed by atoms with Crippen molar-refractivity contribution in [1.82, 2.24) is 9.78 Å². The second-order valence-electron chi connectivity index (χ2n) is 4.30. The molecule has 2 aromatic rings. The fourth-order valence-corrected chi connectivity index (χ4v) is 3.09. The lowest BCUT2D eigenvalue weighted by Gasteiger charge is -2.17. The minimum atomic E-state index is -2.93. The van der Waals surface area contributed by atoms with Crippen LogP contribution >= 0.6 is 7.74 Å². The van der Waals surface area contributed by atoms with E-state index < -0.39 is 7.74 Å². The first-order valence-electron chi connectivity index (χ1n) is 6.50. The van der Waals surface area contributed by atoms with Crippen molar-refractivity contribution in [2.24, 2.45) is 4.74 Å². The summed E-state index contributed by atoms with van der Waals surface area (Å²) in [6.45, 7) is 1.74. The van der Waals surface area contributed by atoms with Crippen LogP contribution in [0.3, 0.4) is 0 Å². The standard InChI is InChI=1S/C14H18N3O4P/c1-11-13(10-18)14(16-22(19-2,20-3)21-4)17(15-11)12-8-6-5-7-9-12/h5-10H,1-4H3. The van der Waals surface area contributed by atoms with E-state index in [0.29, 0.717) is 17.1 Å². The number of hydrogen-bond donors (Lipinski definition) is 0. The molecule has 0 radical (unpaired) electrons. The summed E-state index contributed by atoms with van der Waals surface area (Å²) in [6.07, 6.45) is 0.719. The number of nitrogens with zero attached hydrogens (tertiary/aromatic N) is 3. The van der Waals surface area contributed by atoms with Gasteiger partial charge in [0.25, 0.3) is 0 Å². The van der Waals surface area contributed by atoms with Gasteiger partial charge >= 0.3 is 7.74 Å². The third-order valence-electron chi connectivity index (χ3n) is 3.11. The van der Waals surface area contributed by atoms with E-state index in [1.165, 1.54) is 21.3 Å². The summed E-state index contributed by atoms with van der Waals surface area (Å²) in [7, 11) is 1.41. The number of hydrogen-bond acceptors (Lipinski definition) is 6. The molecule has 0 saturated heterocycles. The number of carbonyl (C=O) groups is 1. The summed E-state index contributed by atoms with van der Waals surface area (Å²) in [5, 5.41) is 4.38. The zero-order chi connectivity index (χ0) is 16.2. The molecule has 0 unspecified atom stereocenters. The third-order valence-corrected chi connectivity index (χ3v) is 4.93. The van der Waals surface area contributed by atoms with Gasteiger partial charge < -0.3 is 13.6 Å². The first-order chi connectivity index (χ1) is 10.6. The predicted octanol–water partition coefficient (Wildman–Crippen LogP) is 3.51. The average Bonchev–Trinajstić information content (AvgIpc) is 2.88. The lowest BCUT2D eigenvalue weighted by atomic mass is 10.2. The zero-order valence-electron chi connectivity index (χ0n) is 12.9. The first-order valence-corrected chi connectivity index (χ1v) is 8.00. The molecule has 7 nitrogen and oxygen atoms in total.